The Morgan fingerprint density at radius 3 is 1.80 bits per heavy atom. The molecular weight excluding hydrogens is 378 g/mol. The molecule has 0 aliphatic rings. The van der Waals surface area contributed by atoms with Crippen molar-refractivity contribution in [3.63, 3.8) is 0 Å². The Balaban J connectivity index is 2.44. The van der Waals surface area contributed by atoms with Crippen LogP contribution >= 0.6 is 0 Å². The van der Waals surface area contributed by atoms with Crippen LogP contribution in [-0.4, -0.2) is 11.0 Å². The van der Waals surface area contributed by atoms with Gasteiger partial charge in [-0.2, -0.15) is 0 Å². The topological polar surface area (TPSA) is 61.6 Å². The van der Waals surface area contributed by atoms with E-state index in [1.165, 1.54) is 76.3 Å². The first-order chi connectivity index (χ1) is 14.6. The highest BCUT2D eigenvalue weighted by atomic mass is 16.7. The van der Waals surface area contributed by atoms with Crippen molar-refractivity contribution in [2.45, 2.75) is 110 Å². The predicted molar refractivity (Wildman–Crippen MR) is 124 cm³/mol. The zero-order valence-electron chi connectivity index (χ0n) is 19.1. The summed E-state index contributed by atoms with van der Waals surface area (Å²) >= 11 is 0. The van der Waals surface area contributed by atoms with Crippen molar-refractivity contribution >= 4 is 5.69 Å². The molecule has 0 saturated carbocycles. The number of ether oxygens (including phenoxy) is 2. The van der Waals surface area contributed by atoms with Crippen LogP contribution in [0.2, 0.25) is 0 Å². The summed E-state index contributed by atoms with van der Waals surface area (Å²) in [5.74, 6) is 0.773. The monoisotopic (exact) mass is 419 g/mol. The summed E-state index contributed by atoms with van der Waals surface area (Å²) in [7, 11) is 0. The average molecular weight is 420 g/mol. The number of rotatable bonds is 19. The molecule has 5 nitrogen and oxygen atoms in total. The van der Waals surface area contributed by atoms with Crippen LogP contribution in [0.1, 0.15) is 104 Å². The lowest BCUT2D eigenvalue weighted by molar-refractivity contribution is -0.384. The minimum Gasteiger partial charge on any atom is -0.462 e. The molecule has 0 heterocycles. The van der Waals surface area contributed by atoms with E-state index in [0.29, 0.717) is 5.75 Å². The number of non-ortho nitro benzene ring substituents is 1. The molecule has 170 valence electrons. The van der Waals surface area contributed by atoms with Gasteiger partial charge in [-0.3, -0.25) is 10.1 Å². The molecule has 0 radical (unpaired) electrons. The standard InChI is InChI=1S/C25H41NO4/c1-4-6-8-10-12-14-16-24(17-15-13-11-9-7-5-2)29-22(3)30-25-20-18-23(19-21-25)26(27)28/h18-21,24H,3-17H2,1-2H3. The maximum atomic E-state index is 10.8. The Morgan fingerprint density at radius 2 is 1.33 bits per heavy atom. The lowest BCUT2D eigenvalue weighted by Crippen LogP contribution is -2.15. The van der Waals surface area contributed by atoms with E-state index in [4.69, 9.17) is 9.47 Å². The molecule has 0 aromatic heterocycles. The zero-order chi connectivity index (χ0) is 22.0. The SMILES string of the molecule is C=C(Oc1ccc([N+](=O)[O-])cc1)OC(CCCCCCCC)CCCCCCCC. The van der Waals surface area contributed by atoms with Crippen LogP contribution < -0.4 is 4.74 Å². The van der Waals surface area contributed by atoms with Crippen molar-refractivity contribution in [3.05, 3.63) is 46.9 Å². The second kappa shape index (κ2) is 16.7. The second-order valence-electron chi connectivity index (χ2n) is 8.08. The number of nitro benzene ring substituents is 1. The van der Waals surface area contributed by atoms with Gasteiger partial charge in [0.1, 0.15) is 11.9 Å². The maximum absolute atomic E-state index is 10.8. The lowest BCUT2D eigenvalue weighted by atomic mass is 10.0. The molecule has 1 rings (SSSR count). The molecule has 0 saturated heterocycles. The lowest BCUT2D eigenvalue weighted by Gasteiger charge is -2.20. The molecule has 0 atom stereocenters. The van der Waals surface area contributed by atoms with Crippen molar-refractivity contribution in [2.24, 2.45) is 0 Å². The fraction of sp³-hybridized carbons (Fsp3) is 0.680. The predicted octanol–water partition coefficient (Wildman–Crippen LogP) is 8.33. The number of unbranched alkanes of at least 4 members (excludes halogenated alkanes) is 10. The Kier molecular flexibility index (Phi) is 14.5. The maximum Gasteiger partial charge on any atom is 0.277 e. The minimum atomic E-state index is -0.424. The highest BCUT2D eigenvalue weighted by Crippen LogP contribution is 2.22. The highest BCUT2D eigenvalue weighted by molar-refractivity contribution is 5.36. The van der Waals surface area contributed by atoms with Gasteiger partial charge in [-0.05, 0) is 44.4 Å². The van der Waals surface area contributed by atoms with E-state index in [1.807, 2.05) is 0 Å². The van der Waals surface area contributed by atoms with Gasteiger partial charge in [0, 0.05) is 12.1 Å². The van der Waals surface area contributed by atoms with E-state index in [9.17, 15) is 10.1 Å². The summed E-state index contributed by atoms with van der Waals surface area (Å²) in [6, 6.07) is 5.99. The third-order valence-corrected chi connectivity index (χ3v) is 5.34. The van der Waals surface area contributed by atoms with Crippen molar-refractivity contribution in [1.82, 2.24) is 0 Å². The number of hydrogen-bond donors (Lipinski definition) is 0. The van der Waals surface area contributed by atoms with Gasteiger partial charge in [0.15, 0.2) is 0 Å². The molecule has 0 spiro atoms. The van der Waals surface area contributed by atoms with E-state index < -0.39 is 4.92 Å². The Bertz CT molecular complexity index is 569. The number of hydrogen-bond acceptors (Lipinski definition) is 4. The molecule has 0 amide bonds. The zero-order valence-corrected chi connectivity index (χ0v) is 19.1. The van der Waals surface area contributed by atoms with Crippen LogP contribution in [-0.2, 0) is 4.74 Å². The molecule has 0 unspecified atom stereocenters. The van der Waals surface area contributed by atoms with E-state index >= 15 is 0 Å². The largest absolute Gasteiger partial charge is 0.462 e. The van der Waals surface area contributed by atoms with Gasteiger partial charge < -0.3 is 9.47 Å². The van der Waals surface area contributed by atoms with Crippen molar-refractivity contribution in [2.75, 3.05) is 0 Å². The van der Waals surface area contributed by atoms with Crippen molar-refractivity contribution < 1.29 is 14.4 Å². The van der Waals surface area contributed by atoms with Crippen LogP contribution in [0, 0.1) is 10.1 Å². The third-order valence-electron chi connectivity index (χ3n) is 5.34. The molecule has 0 fully saturated rings. The quantitative estimate of drug-likeness (QED) is 0.0978. The van der Waals surface area contributed by atoms with Crippen LogP contribution in [0.25, 0.3) is 0 Å². The van der Waals surface area contributed by atoms with Crippen LogP contribution in [0.4, 0.5) is 5.69 Å². The molecule has 0 bridgehead atoms. The van der Waals surface area contributed by atoms with Gasteiger partial charge in [0.2, 0.25) is 0 Å². The molecule has 5 heteroatoms. The molecule has 0 N–H and O–H groups in total. The average Bonchev–Trinajstić information content (AvgIpc) is 2.73. The summed E-state index contributed by atoms with van der Waals surface area (Å²) < 4.78 is 11.7. The first-order valence-electron chi connectivity index (χ1n) is 11.8. The summed E-state index contributed by atoms with van der Waals surface area (Å²) in [5, 5.41) is 10.8. The normalized spacial score (nSPS) is 10.9. The summed E-state index contributed by atoms with van der Waals surface area (Å²) in [4.78, 5) is 10.3. The summed E-state index contributed by atoms with van der Waals surface area (Å²) in [6.07, 6.45) is 17.3. The van der Waals surface area contributed by atoms with Gasteiger partial charge in [-0.1, -0.05) is 78.1 Å². The van der Waals surface area contributed by atoms with Gasteiger partial charge in [-0.25, -0.2) is 0 Å². The second-order valence-corrected chi connectivity index (χ2v) is 8.08. The molecule has 0 aliphatic carbocycles. The van der Waals surface area contributed by atoms with E-state index in [1.54, 1.807) is 12.1 Å². The molecule has 1 aromatic carbocycles. The summed E-state index contributed by atoms with van der Waals surface area (Å²) in [5.41, 5.74) is 0.0397. The minimum absolute atomic E-state index is 0.0397. The molecule has 30 heavy (non-hydrogen) atoms. The molecular formula is C25H41NO4. The van der Waals surface area contributed by atoms with Crippen molar-refractivity contribution in [1.29, 1.82) is 0 Å². The first kappa shape index (κ1) is 26.0. The number of nitro groups is 1. The van der Waals surface area contributed by atoms with Gasteiger partial charge in [0.25, 0.3) is 11.6 Å². The first-order valence-corrected chi connectivity index (χ1v) is 11.8. The number of benzene rings is 1. The van der Waals surface area contributed by atoms with Gasteiger partial charge in [-0.15, -0.1) is 0 Å². The van der Waals surface area contributed by atoms with Crippen molar-refractivity contribution in [3.8, 4) is 5.75 Å². The van der Waals surface area contributed by atoms with Crippen LogP contribution in [0.15, 0.2) is 36.8 Å². The molecule has 1 aromatic rings. The highest BCUT2D eigenvalue weighted by Gasteiger charge is 2.13. The van der Waals surface area contributed by atoms with E-state index in [-0.39, 0.29) is 17.7 Å². The van der Waals surface area contributed by atoms with Crippen LogP contribution in [0.5, 0.6) is 5.75 Å². The van der Waals surface area contributed by atoms with Crippen LogP contribution in [0.3, 0.4) is 0 Å². The number of nitrogens with zero attached hydrogens (tertiary/aromatic N) is 1. The summed E-state index contributed by atoms with van der Waals surface area (Å²) in [6.45, 7) is 8.38. The fourth-order valence-electron chi connectivity index (χ4n) is 3.54. The fourth-order valence-corrected chi connectivity index (χ4v) is 3.54. The Morgan fingerprint density at radius 1 is 0.867 bits per heavy atom. The van der Waals surface area contributed by atoms with E-state index in [0.717, 1.165) is 25.7 Å². The Labute approximate surface area is 183 Å². The third kappa shape index (κ3) is 12.5. The Hall–Kier alpha value is -2.04. The van der Waals surface area contributed by atoms with Gasteiger partial charge >= 0.3 is 0 Å². The smallest absolute Gasteiger partial charge is 0.277 e. The van der Waals surface area contributed by atoms with Gasteiger partial charge in [0.05, 0.1) is 4.92 Å². The van der Waals surface area contributed by atoms with E-state index in [2.05, 4.69) is 20.4 Å². The molecule has 0 aliphatic heterocycles.